The molecule has 2 heterocycles. The number of hydrogen-bond acceptors (Lipinski definition) is 8. The number of amides is 2. The number of likely N-dealkylation sites (N-methyl/N-ethyl adjacent to an activating group) is 1. The number of esters is 1. The Bertz CT molecular complexity index is 1130. The Labute approximate surface area is 195 Å². The maximum Gasteiger partial charge on any atom is 0.326 e. The molecule has 2 aromatic heterocycles. The van der Waals surface area contributed by atoms with Crippen LogP contribution in [0.25, 0.3) is 0 Å². The molecule has 2 rings (SSSR count). The normalized spacial score (nSPS) is 11.4. The number of nitrogens with one attached hydrogen (secondary N) is 2. The van der Waals surface area contributed by atoms with Crippen molar-refractivity contribution < 1.29 is 28.7 Å². The average molecular weight is 473 g/mol. The van der Waals surface area contributed by atoms with Crippen molar-refractivity contribution in [1.82, 2.24) is 24.8 Å². The zero-order chi connectivity index (χ0) is 25.3. The van der Waals surface area contributed by atoms with Crippen LogP contribution in [0, 0.1) is 0 Å². The van der Waals surface area contributed by atoms with Crippen LogP contribution in [0.3, 0.4) is 0 Å². The molecule has 1 atom stereocenters. The lowest BCUT2D eigenvalue weighted by atomic mass is 9.99. The molecule has 2 amide bonds. The predicted molar refractivity (Wildman–Crippen MR) is 119 cm³/mol. The van der Waals surface area contributed by atoms with Gasteiger partial charge < -0.3 is 24.5 Å². The van der Waals surface area contributed by atoms with Crippen LogP contribution in [-0.4, -0.2) is 63.2 Å². The second-order valence-electron chi connectivity index (χ2n) is 7.37. The number of carbonyl (C=O) groups excluding carboxylic acids is 5. The van der Waals surface area contributed by atoms with Crippen LogP contribution in [0.5, 0.6) is 0 Å². The lowest BCUT2D eigenvalue weighted by Crippen LogP contribution is -2.43. The molecule has 0 spiro atoms. The summed E-state index contributed by atoms with van der Waals surface area (Å²) in [7, 11) is 2.91. The van der Waals surface area contributed by atoms with E-state index in [2.05, 4.69) is 15.6 Å². The van der Waals surface area contributed by atoms with Crippen LogP contribution in [0.2, 0.25) is 0 Å². The molecule has 34 heavy (non-hydrogen) atoms. The Kier molecular flexibility index (Phi) is 9.41. The third-order valence-corrected chi connectivity index (χ3v) is 4.95. The van der Waals surface area contributed by atoms with Gasteiger partial charge in [0.25, 0.3) is 17.4 Å². The van der Waals surface area contributed by atoms with Crippen LogP contribution in [0.4, 0.5) is 0 Å². The van der Waals surface area contributed by atoms with E-state index in [-0.39, 0.29) is 43.7 Å². The number of aryl methyl sites for hydroxylation is 1. The standard InChI is InChI=1S/C22H27N5O7/c1-4-34-19(30)12-27-9-5-6-14(22(27)33)10-18(29)15(7-8-17(28)21(32)23-2)25-20(31)16-11-24-13-26(16)3/h5-6,9,11,13,15H,4,7-8,10,12H2,1-3H3,(H,23,32)(H,25,31)/t15-/m0/s1. The van der Waals surface area contributed by atoms with E-state index in [0.717, 1.165) is 4.57 Å². The van der Waals surface area contributed by atoms with Crippen molar-refractivity contribution in [2.24, 2.45) is 7.05 Å². The lowest BCUT2D eigenvalue weighted by Gasteiger charge is -2.18. The molecule has 12 heteroatoms. The van der Waals surface area contributed by atoms with Gasteiger partial charge in [-0.2, -0.15) is 0 Å². The number of pyridine rings is 1. The van der Waals surface area contributed by atoms with Gasteiger partial charge in [-0.15, -0.1) is 0 Å². The number of imidazole rings is 1. The highest BCUT2D eigenvalue weighted by Gasteiger charge is 2.26. The zero-order valence-corrected chi connectivity index (χ0v) is 19.2. The number of hydrogen-bond donors (Lipinski definition) is 2. The molecule has 0 fully saturated rings. The van der Waals surface area contributed by atoms with Gasteiger partial charge in [-0.1, -0.05) is 6.07 Å². The summed E-state index contributed by atoms with van der Waals surface area (Å²) in [5, 5.41) is 4.77. The third-order valence-electron chi connectivity index (χ3n) is 4.95. The molecule has 2 aromatic rings. The molecule has 0 radical (unpaired) electrons. The Hall–Kier alpha value is -4.09. The van der Waals surface area contributed by atoms with Gasteiger partial charge in [0, 0.05) is 38.7 Å². The van der Waals surface area contributed by atoms with E-state index < -0.39 is 41.0 Å². The quantitative estimate of drug-likeness (QED) is 0.298. The van der Waals surface area contributed by atoms with Crippen molar-refractivity contribution in [1.29, 1.82) is 0 Å². The summed E-state index contributed by atoms with van der Waals surface area (Å²) in [4.78, 5) is 77.4. The highest BCUT2D eigenvalue weighted by atomic mass is 16.5. The first kappa shape index (κ1) is 26.2. The Morgan fingerprint density at radius 1 is 1.21 bits per heavy atom. The van der Waals surface area contributed by atoms with Gasteiger partial charge in [-0.05, 0) is 19.4 Å². The van der Waals surface area contributed by atoms with E-state index in [1.54, 1.807) is 14.0 Å². The number of Topliss-reactive ketones (excluding diaryl/α,β-unsaturated/α-hetero) is 2. The van der Waals surface area contributed by atoms with Crippen molar-refractivity contribution >= 4 is 29.4 Å². The van der Waals surface area contributed by atoms with Crippen LogP contribution >= 0.6 is 0 Å². The zero-order valence-electron chi connectivity index (χ0n) is 19.2. The van der Waals surface area contributed by atoms with E-state index in [4.69, 9.17) is 4.74 Å². The summed E-state index contributed by atoms with van der Waals surface area (Å²) >= 11 is 0. The fraction of sp³-hybridized carbons (Fsp3) is 0.409. The summed E-state index contributed by atoms with van der Waals surface area (Å²) in [5.41, 5.74) is -0.261. The first-order valence-electron chi connectivity index (χ1n) is 10.6. The molecule has 0 aliphatic rings. The molecule has 0 aromatic carbocycles. The summed E-state index contributed by atoms with van der Waals surface area (Å²) in [6.45, 7) is 1.50. The van der Waals surface area contributed by atoms with E-state index in [9.17, 15) is 28.8 Å². The minimum atomic E-state index is -1.14. The Morgan fingerprint density at radius 2 is 1.94 bits per heavy atom. The Morgan fingerprint density at radius 3 is 2.56 bits per heavy atom. The van der Waals surface area contributed by atoms with Crippen LogP contribution in [0.1, 0.15) is 35.8 Å². The number of nitrogens with zero attached hydrogens (tertiary/aromatic N) is 3. The van der Waals surface area contributed by atoms with Crippen molar-refractivity contribution in [3.8, 4) is 0 Å². The number of ketones is 2. The molecular formula is C22H27N5O7. The number of rotatable bonds is 12. The molecule has 182 valence electrons. The molecule has 0 aliphatic carbocycles. The summed E-state index contributed by atoms with van der Waals surface area (Å²) in [6, 6.07) is 1.81. The molecule has 0 bridgehead atoms. The molecular weight excluding hydrogens is 446 g/mol. The van der Waals surface area contributed by atoms with E-state index in [1.165, 1.54) is 42.5 Å². The van der Waals surface area contributed by atoms with Crippen molar-refractivity contribution in [2.45, 2.75) is 38.8 Å². The first-order chi connectivity index (χ1) is 16.2. The van der Waals surface area contributed by atoms with E-state index in [1.807, 2.05) is 0 Å². The minimum Gasteiger partial charge on any atom is -0.465 e. The summed E-state index contributed by atoms with van der Waals surface area (Å²) in [5.74, 6) is -3.28. The largest absolute Gasteiger partial charge is 0.465 e. The van der Waals surface area contributed by atoms with Crippen molar-refractivity contribution in [3.63, 3.8) is 0 Å². The van der Waals surface area contributed by atoms with Gasteiger partial charge >= 0.3 is 5.97 Å². The molecule has 0 unspecified atom stereocenters. The average Bonchev–Trinajstić information content (AvgIpc) is 3.24. The fourth-order valence-electron chi connectivity index (χ4n) is 3.15. The van der Waals surface area contributed by atoms with Crippen LogP contribution in [-0.2, 0) is 43.9 Å². The van der Waals surface area contributed by atoms with Crippen LogP contribution < -0.4 is 16.2 Å². The monoisotopic (exact) mass is 473 g/mol. The van der Waals surface area contributed by atoms with Gasteiger partial charge in [0.2, 0.25) is 5.78 Å². The van der Waals surface area contributed by atoms with E-state index >= 15 is 0 Å². The van der Waals surface area contributed by atoms with Crippen LogP contribution in [0.15, 0.2) is 35.6 Å². The lowest BCUT2D eigenvalue weighted by molar-refractivity contribution is -0.143. The van der Waals surface area contributed by atoms with Crippen molar-refractivity contribution in [2.75, 3.05) is 13.7 Å². The van der Waals surface area contributed by atoms with Gasteiger partial charge in [0.15, 0.2) is 5.78 Å². The number of carbonyl (C=O) groups is 5. The fourth-order valence-corrected chi connectivity index (χ4v) is 3.15. The highest BCUT2D eigenvalue weighted by Crippen LogP contribution is 2.07. The SMILES string of the molecule is CCOC(=O)Cn1cccc(CC(=O)[C@H](CCC(=O)C(=O)NC)NC(=O)c2cncn2C)c1=O. The summed E-state index contributed by atoms with van der Waals surface area (Å²) in [6.07, 6.45) is 3.35. The third kappa shape index (κ3) is 6.95. The van der Waals surface area contributed by atoms with Gasteiger partial charge in [-0.25, -0.2) is 4.98 Å². The molecule has 0 aliphatic heterocycles. The molecule has 12 nitrogen and oxygen atoms in total. The van der Waals surface area contributed by atoms with Crippen molar-refractivity contribution in [3.05, 3.63) is 52.5 Å². The Balaban J connectivity index is 2.21. The second kappa shape index (κ2) is 12.2. The maximum atomic E-state index is 13.1. The topological polar surface area (TPSA) is 158 Å². The smallest absolute Gasteiger partial charge is 0.326 e. The van der Waals surface area contributed by atoms with Gasteiger partial charge in [0.05, 0.1) is 25.2 Å². The summed E-state index contributed by atoms with van der Waals surface area (Å²) < 4.78 is 7.43. The minimum absolute atomic E-state index is 0.106. The molecule has 2 N–H and O–H groups in total. The van der Waals surface area contributed by atoms with E-state index in [0.29, 0.717) is 0 Å². The highest BCUT2D eigenvalue weighted by molar-refractivity contribution is 6.36. The molecule has 0 saturated heterocycles. The number of aromatic nitrogens is 3. The second-order valence-corrected chi connectivity index (χ2v) is 7.37. The first-order valence-corrected chi connectivity index (χ1v) is 10.6. The van der Waals surface area contributed by atoms with Gasteiger partial charge in [-0.3, -0.25) is 28.8 Å². The molecule has 0 saturated carbocycles. The van der Waals surface area contributed by atoms with Gasteiger partial charge in [0.1, 0.15) is 12.2 Å². The predicted octanol–water partition coefficient (Wildman–Crippen LogP) is -0.850. The number of ether oxygens (including phenoxy) is 1. The maximum absolute atomic E-state index is 13.1.